The van der Waals surface area contributed by atoms with Crippen molar-refractivity contribution in [3.05, 3.63) is 70.8 Å². The Morgan fingerprint density at radius 1 is 1.00 bits per heavy atom. The summed E-state index contributed by atoms with van der Waals surface area (Å²) in [4.78, 5) is -0.260. The van der Waals surface area contributed by atoms with Gasteiger partial charge in [0.25, 0.3) is 0 Å². The lowest BCUT2D eigenvalue weighted by molar-refractivity contribution is 0.611. The minimum atomic E-state index is -0.294. The van der Waals surface area contributed by atoms with Crippen molar-refractivity contribution >= 4 is 15.9 Å². The van der Waals surface area contributed by atoms with Crippen LogP contribution in [0.3, 0.4) is 0 Å². The van der Waals surface area contributed by atoms with Crippen LogP contribution >= 0.6 is 15.9 Å². The molecule has 88 valence electrons. The van der Waals surface area contributed by atoms with Crippen LogP contribution < -0.4 is 0 Å². The van der Waals surface area contributed by atoms with E-state index in [1.807, 2.05) is 13.0 Å². The molecule has 2 rings (SSSR count). The van der Waals surface area contributed by atoms with Crippen molar-refractivity contribution in [3.63, 3.8) is 0 Å². The molecule has 0 heterocycles. The molecule has 0 bridgehead atoms. The van der Waals surface area contributed by atoms with Gasteiger partial charge < -0.3 is 0 Å². The number of aryl methyl sites for hydroxylation is 1. The third-order valence-corrected chi connectivity index (χ3v) is 3.61. The zero-order valence-corrected chi connectivity index (χ0v) is 10.8. The summed E-state index contributed by atoms with van der Waals surface area (Å²) in [7, 11) is 0. The molecule has 2 aromatic rings. The third-order valence-electron chi connectivity index (χ3n) is 2.59. The topological polar surface area (TPSA) is 0 Å². The molecular formula is C14H11BrF2. The van der Waals surface area contributed by atoms with Crippen LogP contribution in [0, 0.1) is 18.6 Å². The van der Waals surface area contributed by atoms with Gasteiger partial charge in [0.05, 0.1) is 4.83 Å². The van der Waals surface area contributed by atoms with Crippen molar-refractivity contribution in [2.24, 2.45) is 0 Å². The molecule has 0 aliphatic carbocycles. The van der Waals surface area contributed by atoms with Crippen molar-refractivity contribution in [1.82, 2.24) is 0 Å². The minimum absolute atomic E-state index is 0.254. The molecule has 0 saturated carbocycles. The Kier molecular flexibility index (Phi) is 3.57. The zero-order chi connectivity index (χ0) is 12.4. The van der Waals surface area contributed by atoms with Gasteiger partial charge in [0.2, 0.25) is 0 Å². The van der Waals surface area contributed by atoms with Crippen molar-refractivity contribution in [1.29, 1.82) is 0 Å². The number of rotatable bonds is 2. The molecule has 0 amide bonds. The lowest BCUT2D eigenvalue weighted by Gasteiger charge is -2.12. The monoisotopic (exact) mass is 296 g/mol. The standard InChI is InChI=1S/C14H11BrF2/c1-9-2-7-12(13(17)8-9)14(15)10-3-5-11(16)6-4-10/h2-8,14H,1H3. The molecule has 1 unspecified atom stereocenters. The largest absolute Gasteiger partial charge is 0.207 e. The molecule has 0 saturated heterocycles. The van der Waals surface area contributed by atoms with Crippen LogP contribution in [-0.4, -0.2) is 0 Å². The van der Waals surface area contributed by atoms with Crippen LogP contribution in [0.2, 0.25) is 0 Å². The third kappa shape index (κ3) is 2.72. The van der Waals surface area contributed by atoms with Gasteiger partial charge in [0.15, 0.2) is 0 Å². The van der Waals surface area contributed by atoms with Gasteiger partial charge in [0, 0.05) is 5.56 Å². The van der Waals surface area contributed by atoms with Gasteiger partial charge in [-0.25, -0.2) is 8.78 Å². The van der Waals surface area contributed by atoms with E-state index in [0.717, 1.165) is 11.1 Å². The number of halogens is 3. The Morgan fingerprint density at radius 2 is 1.65 bits per heavy atom. The van der Waals surface area contributed by atoms with E-state index in [-0.39, 0.29) is 16.5 Å². The van der Waals surface area contributed by atoms with Crippen LogP contribution in [0.1, 0.15) is 21.5 Å². The van der Waals surface area contributed by atoms with Crippen LogP contribution in [0.5, 0.6) is 0 Å². The number of hydrogen-bond acceptors (Lipinski definition) is 0. The van der Waals surface area contributed by atoms with E-state index >= 15 is 0 Å². The molecule has 0 aromatic heterocycles. The van der Waals surface area contributed by atoms with Gasteiger partial charge >= 0.3 is 0 Å². The Balaban J connectivity index is 2.36. The molecular weight excluding hydrogens is 286 g/mol. The highest BCUT2D eigenvalue weighted by Crippen LogP contribution is 2.32. The maximum atomic E-state index is 13.8. The Morgan fingerprint density at radius 3 is 2.24 bits per heavy atom. The van der Waals surface area contributed by atoms with Crippen molar-refractivity contribution in [3.8, 4) is 0 Å². The van der Waals surface area contributed by atoms with E-state index < -0.39 is 0 Å². The summed E-state index contributed by atoms with van der Waals surface area (Å²) < 4.78 is 26.6. The van der Waals surface area contributed by atoms with E-state index in [2.05, 4.69) is 15.9 Å². The van der Waals surface area contributed by atoms with Crippen LogP contribution in [0.15, 0.2) is 42.5 Å². The van der Waals surface area contributed by atoms with Crippen LogP contribution in [0.25, 0.3) is 0 Å². The minimum Gasteiger partial charge on any atom is -0.207 e. The van der Waals surface area contributed by atoms with Gasteiger partial charge in [-0.2, -0.15) is 0 Å². The summed E-state index contributed by atoms with van der Waals surface area (Å²) in [6.07, 6.45) is 0. The smallest absolute Gasteiger partial charge is 0.128 e. The van der Waals surface area contributed by atoms with Crippen molar-refractivity contribution in [2.75, 3.05) is 0 Å². The quantitative estimate of drug-likeness (QED) is 0.701. The second kappa shape index (κ2) is 4.96. The first-order chi connectivity index (χ1) is 8.08. The van der Waals surface area contributed by atoms with E-state index in [1.54, 1.807) is 18.2 Å². The molecule has 1 atom stereocenters. The fourth-order valence-corrected chi connectivity index (χ4v) is 2.33. The summed E-state index contributed by atoms with van der Waals surface area (Å²) in [5.74, 6) is -0.547. The van der Waals surface area contributed by atoms with Gasteiger partial charge in [0.1, 0.15) is 11.6 Å². The molecule has 0 fully saturated rings. The summed E-state index contributed by atoms with van der Waals surface area (Å²) in [5.41, 5.74) is 2.27. The van der Waals surface area contributed by atoms with Gasteiger partial charge in [-0.1, -0.05) is 40.2 Å². The second-order valence-corrected chi connectivity index (χ2v) is 4.85. The Bertz CT molecular complexity index is 520. The maximum absolute atomic E-state index is 13.8. The predicted octanol–water partition coefficient (Wildman–Crippen LogP) is 4.76. The molecule has 0 aliphatic heterocycles. The first-order valence-electron chi connectivity index (χ1n) is 5.23. The highest BCUT2D eigenvalue weighted by molar-refractivity contribution is 9.09. The van der Waals surface area contributed by atoms with E-state index in [1.165, 1.54) is 18.2 Å². The number of alkyl halides is 1. The fraction of sp³-hybridized carbons (Fsp3) is 0.143. The summed E-state index contributed by atoms with van der Waals surface area (Å²) in [5, 5.41) is 0. The molecule has 0 spiro atoms. The molecule has 2 aromatic carbocycles. The average Bonchev–Trinajstić information content (AvgIpc) is 2.29. The van der Waals surface area contributed by atoms with E-state index in [9.17, 15) is 8.78 Å². The average molecular weight is 297 g/mol. The van der Waals surface area contributed by atoms with Crippen molar-refractivity contribution in [2.45, 2.75) is 11.8 Å². The normalized spacial score (nSPS) is 12.5. The molecule has 0 N–H and O–H groups in total. The molecule has 3 heteroatoms. The SMILES string of the molecule is Cc1ccc(C(Br)c2ccc(F)cc2)c(F)c1. The highest BCUT2D eigenvalue weighted by atomic mass is 79.9. The van der Waals surface area contributed by atoms with Crippen LogP contribution in [0.4, 0.5) is 8.78 Å². The lowest BCUT2D eigenvalue weighted by Crippen LogP contribution is -1.97. The molecule has 0 aliphatic rings. The summed E-state index contributed by atoms with van der Waals surface area (Å²) >= 11 is 3.43. The molecule has 0 radical (unpaired) electrons. The van der Waals surface area contributed by atoms with Gasteiger partial charge in [-0.15, -0.1) is 0 Å². The summed E-state index contributed by atoms with van der Waals surface area (Å²) in [6, 6.07) is 11.1. The zero-order valence-electron chi connectivity index (χ0n) is 9.25. The Labute approximate surface area is 107 Å². The van der Waals surface area contributed by atoms with Gasteiger partial charge in [-0.05, 0) is 36.2 Å². The predicted molar refractivity (Wildman–Crippen MR) is 68.3 cm³/mol. The highest BCUT2D eigenvalue weighted by Gasteiger charge is 2.14. The second-order valence-electron chi connectivity index (χ2n) is 3.94. The fourth-order valence-electron chi connectivity index (χ4n) is 1.65. The first-order valence-corrected chi connectivity index (χ1v) is 6.15. The van der Waals surface area contributed by atoms with Crippen molar-refractivity contribution < 1.29 is 8.78 Å². The Hall–Kier alpha value is -1.22. The van der Waals surface area contributed by atoms with Crippen LogP contribution in [-0.2, 0) is 0 Å². The van der Waals surface area contributed by atoms with E-state index in [0.29, 0.717) is 5.56 Å². The molecule has 0 nitrogen and oxygen atoms in total. The van der Waals surface area contributed by atoms with E-state index in [4.69, 9.17) is 0 Å². The first kappa shape index (κ1) is 12.2. The number of hydrogen-bond donors (Lipinski definition) is 0. The van der Waals surface area contributed by atoms with Gasteiger partial charge in [-0.3, -0.25) is 0 Å². The molecule has 17 heavy (non-hydrogen) atoms. The summed E-state index contributed by atoms with van der Waals surface area (Å²) in [6.45, 7) is 1.84. The lowest BCUT2D eigenvalue weighted by atomic mass is 10.0. The number of benzene rings is 2. The maximum Gasteiger partial charge on any atom is 0.128 e.